The van der Waals surface area contributed by atoms with Crippen LogP contribution in [0.1, 0.15) is 44.1 Å². The lowest BCUT2D eigenvalue weighted by Crippen LogP contribution is -2.15. The van der Waals surface area contributed by atoms with Gasteiger partial charge in [0.2, 0.25) is 0 Å². The molecule has 2 aromatic rings. The van der Waals surface area contributed by atoms with E-state index >= 15 is 0 Å². The van der Waals surface area contributed by atoms with Crippen molar-refractivity contribution in [1.82, 2.24) is 14.5 Å². The molecule has 0 N–H and O–H groups in total. The highest BCUT2D eigenvalue weighted by Crippen LogP contribution is 2.51. The summed E-state index contributed by atoms with van der Waals surface area (Å²) in [4.78, 5) is 9.44. The molecule has 0 unspecified atom stereocenters. The van der Waals surface area contributed by atoms with Crippen LogP contribution in [0.3, 0.4) is 0 Å². The van der Waals surface area contributed by atoms with E-state index in [-0.39, 0.29) is 0 Å². The van der Waals surface area contributed by atoms with E-state index in [0.29, 0.717) is 11.3 Å². The Kier molecular flexibility index (Phi) is 3.72. The second-order valence-electron chi connectivity index (χ2n) is 6.10. The summed E-state index contributed by atoms with van der Waals surface area (Å²) in [6, 6.07) is 4.11. The number of halogens is 1. The second-order valence-corrected chi connectivity index (χ2v) is 6.48. The molecule has 0 saturated heterocycles. The maximum absolute atomic E-state index is 5.94. The lowest BCUT2D eigenvalue weighted by Gasteiger charge is -2.17. The zero-order valence-electron chi connectivity index (χ0n) is 12.3. The number of aromatic nitrogens is 3. The van der Waals surface area contributed by atoms with Gasteiger partial charge in [-0.15, -0.1) is 11.6 Å². The summed E-state index contributed by atoms with van der Waals surface area (Å²) >= 11 is 5.94. The van der Waals surface area contributed by atoms with Crippen molar-refractivity contribution in [3.8, 4) is 0 Å². The predicted octanol–water partition coefficient (Wildman–Crippen LogP) is 4.10. The molecule has 1 aliphatic carbocycles. The third kappa shape index (κ3) is 2.56. The fourth-order valence-electron chi connectivity index (χ4n) is 3.11. The van der Waals surface area contributed by atoms with E-state index in [2.05, 4.69) is 17.6 Å². The molecule has 0 aromatic carbocycles. The molecule has 2 heterocycles. The SMILES string of the molecule is CCCC1(Cn2c(CCCl)nc3ccc(C)nc32)CC1. The summed E-state index contributed by atoms with van der Waals surface area (Å²) in [6.07, 6.45) is 6.06. The molecule has 108 valence electrons. The van der Waals surface area contributed by atoms with Crippen LogP contribution in [-0.2, 0) is 13.0 Å². The molecule has 1 aliphatic rings. The van der Waals surface area contributed by atoms with Gasteiger partial charge in [-0.05, 0) is 43.7 Å². The Morgan fingerprint density at radius 3 is 2.75 bits per heavy atom. The first kappa shape index (κ1) is 13.9. The minimum Gasteiger partial charge on any atom is -0.312 e. The van der Waals surface area contributed by atoms with Crippen molar-refractivity contribution in [2.24, 2.45) is 5.41 Å². The largest absolute Gasteiger partial charge is 0.312 e. The van der Waals surface area contributed by atoms with Crippen molar-refractivity contribution < 1.29 is 0 Å². The summed E-state index contributed by atoms with van der Waals surface area (Å²) in [7, 11) is 0. The number of hydrogen-bond donors (Lipinski definition) is 0. The minimum absolute atomic E-state index is 0.495. The van der Waals surface area contributed by atoms with Gasteiger partial charge in [-0.3, -0.25) is 0 Å². The van der Waals surface area contributed by atoms with Crippen LogP contribution in [0.25, 0.3) is 11.2 Å². The van der Waals surface area contributed by atoms with Crippen molar-refractivity contribution in [2.45, 2.75) is 52.5 Å². The van der Waals surface area contributed by atoms with E-state index in [0.717, 1.165) is 35.6 Å². The zero-order valence-corrected chi connectivity index (χ0v) is 13.1. The van der Waals surface area contributed by atoms with E-state index in [4.69, 9.17) is 21.6 Å². The first-order chi connectivity index (χ1) is 9.67. The number of fused-ring (bicyclic) bond motifs is 1. The summed E-state index contributed by atoms with van der Waals surface area (Å²) in [5.74, 6) is 1.71. The molecule has 20 heavy (non-hydrogen) atoms. The van der Waals surface area contributed by atoms with Crippen LogP contribution in [0, 0.1) is 12.3 Å². The smallest absolute Gasteiger partial charge is 0.160 e. The second kappa shape index (κ2) is 5.36. The predicted molar refractivity (Wildman–Crippen MR) is 83.3 cm³/mol. The van der Waals surface area contributed by atoms with Gasteiger partial charge in [-0.1, -0.05) is 13.3 Å². The molecule has 0 bridgehead atoms. The molecule has 0 radical (unpaired) electrons. The molecular formula is C16H22ClN3. The van der Waals surface area contributed by atoms with Gasteiger partial charge in [0.25, 0.3) is 0 Å². The third-order valence-electron chi connectivity index (χ3n) is 4.36. The average Bonchev–Trinajstić information content (AvgIpc) is 3.10. The Morgan fingerprint density at radius 2 is 2.10 bits per heavy atom. The third-order valence-corrected chi connectivity index (χ3v) is 4.55. The Labute approximate surface area is 125 Å². The quantitative estimate of drug-likeness (QED) is 0.750. The standard InChI is InChI=1S/C16H22ClN3/c1-3-7-16(8-9-16)11-20-14(6-10-17)19-13-5-4-12(2)18-15(13)20/h4-5H,3,6-11H2,1-2H3. The van der Waals surface area contributed by atoms with Crippen LogP contribution in [0.2, 0.25) is 0 Å². The number of rotatable bonds is 6. The van der Waals surface area contributed by atoms with Gasteiger partial charge in [0.1, 0.15) is 11.3 Å². The van der Waals surface area contributed by atoms with E-state index in [9.17, 15) is 0 Å². The first-order valence-corrected chi connectivity index (χ1v) is 8.10. The van der Waals surface area contributed by atoms with Crippen LogP contribution < -0.4 is 0 Å². The van der Waals surface area contributed by atoms with Crippen molar-refractivity contribution in [3.63, 3.8) is 0 Å². The molecule has 0 aliphatic heterocycles. The molecule has 4 heteroatoms. The van der Waals surface area contributed by atoms with E-state index < -0.39 is 0 Å². The van der Waals surface area contributed by atoms with Gasteiger partial charge >= 0.3 is 0 Å². The molecule has 0 amide bonds. The summed E-state index contributed by atoms with van der Waals surface area (Å²) < 4.78 is 2.33. The van der Waals surface area contributed by atoms with E-state index in [1.807, 2.05) is 13.0 Å². The number of aryl methyl sites for hydroxylation is 2. The van der Waals surface area contributed by atoms with Gasteiger partial charge in [0.05, 0.1) is 0 Å². The fraction of sp³-hybridized carbons (Fsp3) is 0.625. The molecule has 0 spiro atoms. The summed E-state index contributed by atoms with van der Waals surface area (Å²) in [5, 5.41) is 0. The Morgan fingerprint density at radius 1 is 1.30 bits per heavy atom. The minimum atomic E-state index is 0.495. The monoisotopic (exact) mass is 291 g/mol. The molecule has 3 nitrogen and oxygen atoms in total. The number of pyridine rings is 1. The van der Waals surface area contributed by atoms with Crippen LogP contribution >= 0.6 is 11.6 Å². The highest BCUT2D eigenvalue weighted by molar-refractivity contribution is 6.17. The topological polar surface area (TPSA) is 30.7 Å². The van der Waals surface area contributed by atoms with E-state index in [1.54, 1.807) is 0 Å². The molecule has 1 fully saturated rings. The molecule has 0 atom stereocenters. The molecule has 2 aromatic heterocycles. The van der Waals surface area contributed by atoms with E-state index in [1.165, 1.54) is 25.7 Å². The molecule has 1 saturated carbocycles. The Balaban J connectivity index is 2.01. The average molecular weight is 292 g/mol. The van der Waals surface area contributed by atoms with Gasteiger partial charge in [0, 0.05) is 24.5 Å². The van der Waals surface area contributed by atoms with Gasteiger partial charge in [-0.25, -0.2) is 9.97 Å². The van der Waals surface area contributed by atoms with Crippen molar-refractivity contribution in [3.05, 3.63) is 23.7 Å². The lowest BCUT2D eigenvalue weighted by atomic mass is 10.0. The maximum Gasteiger partial charge on any atom is 0.160 e. The fourth-order valence-corrected chi connectivity index (χ4v) is 3.28. The van der Waals surface area contributed by atoms with Crippen LogP contribution in [0.15, 0.2) is 12.1 Å². The number of hydrogen-bond acceptors (Lipinski definition) is 2. The maximum atomic E-state index is 5.94. The highest BCUT2D eigenvalue weighted by Gasteiger charge is 2.42. The van der Waals surface area contributed by atoms with Gasteiger partial charge < -0.3 is 4.57 Å². The van der Waals surface area contributed by atoms with Gasteiger partial charge in [0.15, 0.2) is 5.65 Å². The molecule has 3 rings (SSSR count). The Bertz CT molecular complexity index is 613. The van der Waals surface area contributed by atoms with Crippen molar-refractivity contribution in [1.29, 1.82) is 0 Å². The Hall–Kier alpha value is -1.09. The number of alkyl halides is 1. The van der Waals surface area contributed by atoms with Crippen molar-refractivity contribution >= 4 is 22.8 Å². The lowest BCUT2D eigenvalue weighted by molar-refractivity contribution is 0.386. The molecular weight excluding hydrogens is 270 g/mol. The van der Waals surface area contributed by atoms with Crippen LogP contribution in [0.4, 0.5) is 0 Å². The first-order valence-electron chi connectivity index (χ1n) is 7.56. The van der Waals surface area contributed by atoms with Crippen LogP contribution in [0.5, 0.6) is 0 Å². The van der Waals surface area contributed by atoms with Crippen molar-refractivity contribution in [2.75, 3.05) is 5.88 Å². The zero-order chi connectivity index (χ0) is 14.2. The summed E-state index contributed by atoms with van der Waals surface area (Å²) in [6.45, 7) is 5.37. The van der Waals surface area contributed by atoms with Gasteiger partial charge in [-0.2, -0.15) is 0 Å². The van der Waals surface area contributed by atoms with Crippen LogP contribution in [-0.4, -0.2) is 20.4 Å². The summed E-state index contributed by atoms with van der Waals surface area (Å²) in [5.41, 5.74) is 3.58. The number of imidazole rings is 1. The normalized spacial score (nSPS) is 16.8. The highest BCUT2D eigenvalue weighted by atomic mass is 35.5. The number of nitrogens with zero attached hydrogens (tertiary/aromatic N) is 3.